The van der Waals surface area contributed by atoms with Crippen LogP contribution in [0.2, 0.25) is 0 Å². The number of hydrogen-bond acceptors (Lipinski definition) is 3. The summed E-state index contributed by atoms with van der Waals surface area (Å²) in [4.78, 5) is 2.47. The summed E-state index contributed by atoms with van der Waals surface area (Å²) in [5.74, 6) is 0. The molecule has 0 bridgehead atoms. The Hall–Kier alpha value is -7.98. The zero-order valence-electron chi connectivity index (χ0n) is 34.3. The highest BCUT2D eigenvalue weighted by Crippen LogP contribution is 2.51. The van der Waals surface area contributed by atoms with Gasteiger partial charge in [0.05, 0.1) is 11.4 Å². The summed E-state index contributed by atoms with van der Waals surface area (Å²) in [5, 5.41) is 4.65. The Bertz CT molecular complexity index is 3600. The summed E-state index contributed by atoms with van der Waals surface area (Å²) in [6.07, 6.45) is 0. The molecule has 0 N–H and O–H groups in total. The zero-order chi connectivity index (χ0) is 41.7. The van der Waals surface area contributed by atoms with Crippen LogP contribution < -0.4 is 4.90 Å². The summed E-state index contributed by atoms with van der Waals surface area (Å²) in [7, 11) is 0. The standard InChI is InChI=1S/C60H39NOS/c1-6-16-40(17-7-1)45-28-34-54(53(36-45)44-24-14-5-15-25-44)61(48-29-32-51-50-30-26-46(41-18-8-2-9-19-41)37-56(50)62-57(51)39-48)55-35-33-49(43-22-12-4-13-23-43)60-59(55)52-31-27-47(38-58(52)63-60)42-20-10-3-11-21-42/h1-39H. The van der Waals surface area contributed by atoms with Gasteiger partial charge >= 0.3 is 0 Å². The van der Waals surface area contributed by atoms with Crippen molar-refractivity contribution >= 4 is 70.5 Å². The second-order valence-corrected chi connectivity index (χ2v) is 17.1. The van der Waals surface area contributed by atoms with Crippen LogP contribution in [-0.4, -0.2) is 0 Å². The minimum atomic E-state index is 0.847. The normalized spacial score (nSPS) is 11.5. The van der Waals surface area contributed by atoms with E-state index in [9.17, 15) is 0 Å². The third-order valence-electron chi connectivity index (χ3n) is 12.3. The van der Waals surface area contributed by atoms with Crippen LogP contribution in [0.5, 0.6) is 0 Å². The molecule has 0 fully saturated rings. The van der Waals surface area contributed by atoms with Crippen molar-refractivity contribution < 1.29 is 4.42 Å². The van der Waals surface area contributed by atoms with Crippen LogP contribution in [0.15, 0.2) is 241 Å². The molecule has 2 aromatic heterocycles. The van der Waals surface area contributed by atoms with E-state index in [1.807, 2.05) is 11.3 Å². The first-order valence-corrected chi connectivity index (χ1v) is 22.2. The number of nitrogens with zero attached hydrogens (tertiary/aromatic N) is 1. The first-order chi connectivity index (χ1) is 31.2. The van der Waals surface area contributed by atoms with Gasteiger partial charge in [-0.3, -0.25) is 0 Å². The average Bonchev–Trinajstić information content (AvgIpc) is 3.93. The van der Waals surface area contributed by atoms with Crippen molar-refractivity contribution in [3.05, 3.63) is 237 Å². The van der Waals surface area contributed by atoms with Crippen LogP contribution >= 0.6 is 11.3 Å². The highest BCUT2D eigenvalue weighted by atomic mass is 32.1. The predicted octanol–water partition coefficient (Wildman–Crippen LogP) is 17.8. The number of hydrogen-bond donors (Lipinski definition) is 0. The summed E-state index contributed by atoms with van der Waals surface area (Å²) >= 11 is 1.87. The first-order valence-electron chi connectivity index (χ1n) is 21.4. The van der Waals surface area contributed by atoms with Crippen LogP contribution in [-0.2, 0) is 0 Å². The third kappa shape index (κ3) is 6.58. The molecule has 2 nitrogen and oxygen atoms in total. The Labute approximate surface area is 370 Å². The monoisotopic (exact) mass is 821 g/mol. The fraction of sp³-hybridized carbons (Fsp3) is 0. The van der Waals surface area contributed by atoms with Gasteiger partial charge in [0.1, 0.15) is 11.2 Å². The topological polar surface area (TPSA) is 16.4 Å². The smallest absolute Gasteiger partial charge is 0.137 e. The van der Waals surface area contributed by atoms with Gasteiger partial charge in [-0.05, 0) is 98.6 Å². The van der Waals surface area contributed by atoms with Crippen molar-refractivity contribution in [2.24, 2.45) is 0 Å². The molecular weight excluding hydrogens is 783 g/mol. The van der Waals surface area contributed by atoms with Crippen molar-refractivity contribution in [1.29, 1.82) is 0 Å². The fourth-order valence-corrected chi connectivity index (χ4v) is 10.5. The van der Waals surface area contributed by atoms with E-state index in [0.29, 0.717) is 0 Å². The van der Waals surface area contributed by atoms with Crippen molar-refractivity contribution in [3.8, 4) is 55.6 Å². The van der Waals surface area contributed by atoms with Gasteiger partial charge in [0.15, 0.2) is 0 Å². The first kappa shape index (κ1) is 36.8. The largest absolute Gasteiger partial charge is 0.456 e. The molecule has 12 aromatic rings. The predicted molar refractivity (Wildman–Crippen MR) is 268 cm³/mol. The Morgan fingerprint density at radius 1 is 0.317 bits per heavy atom. The molecule has 0 aliphatic heterocycles. The van der Waals surface area contributed by atoms with E-state index >= 15 is 0 Å². The Kier molecular flexibility index (Phi) is 9.06. The van der Waals surface area contributed by atoms with E-state index in [0.717, 1.165) is 55.7 Å². The van der Waals surface area contributed by atoms with Crippen molar-refractivity contribution in [3.63, 3.8) is 0 Å². The quantitative estimate of drug-likeness (QED) is 0.152. The molecule has 12 rings (SSSR count). The lowest BCUT2D eigenvalue weighted by molar-refractivity contribution is 0.669. The van der Waals surface area contributed by atoms with Gasteiger partial charge < -0.3 is 9.32 Å². The average molecular weight is 822 g/mol. The molecule has 3 heteroatoms. The second kappa shape index (κ2) is 15.5. The van der Waals surface area contributed by atoms with E-state index in [-0.39, 0.29) is 0 Å². The molecule has 0 unspecified atom stereocenters. The van der Waals surface area contributed by atoms with Gasteiger partial charge in [0, 0.05) is 48.3 Å². The molecule has 10 aromatic carbocycles. The van der Waals surface area contributed by atoms with Crippen LogP contribution in [0.4, 0.5) is 17.1 Å². The maximum Gasteiger partial charge on any atom is 0.137 e. The van der Waals surface area contributed by atoms with E-state index in [4.69, 9.17) is 4.42 Å². The maximum atomic E-state index is 6.82. The summed E-state index contributed by atoms with van der Waals surface area (Å²) in [5.41, 5.74) is 16.7. The Morgan fingerprint density at radius 2 is 0.778 bits per heavy atom. The van der Waals surface area contributed by atoms with E-state index in [1.165, 1.54) is 59.1 Å². The molecule has 0 aliphatic rings. The Morgan fingerprint density at radius 3 is 1.38 bits per heavy atom. The Balaban J connectivity index is 1.14. The molecule has 0 saturated carbocycles. The lowest BCUT2D eigenvalue weighted by Crippen LogP contribution is -2.12. The van der Waals surface area contributed by atoms with Crippen molar-refractivity contribution in [1.82, 2.24) is 0 Å². The molecule has 0 atom stereocenters. The molecule has 0 spiro atoms. The van der Waals surface area contributed by atoms with Crippen LogP contribution in [0.3, 0.4) is 0 Å². The zero-order valence-corrected chi connectivity index (χ0v) is 35.1. The van der Waals surface area contributed by atoms with Gasteiger partial charge in [0.25, 0.3) is 0 Å². The van der Waals surface area contributed by atoms with Gasteiger partial charge in [-0.15, -0.1) is 11.3 Å². The fourth-order valence-electron chi connectivity index (χ4n) is 9.22. The lowest BCUT2D eigenvalue weighted by Gasteiger charge is -2.29. The SMILES string of the molecule is c1ccc(-c2ccc(N(c3ccc4c(c3)oc3cc(-c5ccccc5)ccc34)c3ccc(-c4ccccc4)c4sc5cc(-c6ccccc6)ccc5c34)c(-c3ccccc3)c2)cc1. The number of anilines is 3. The van der Waals surface area contributed by atoms with Gasteiger partial charge in [0.2, 0.25) is 0 Å². The summed E-state index contributed by atoms with van der Waals surface area (Å²) < 4.78 is 9.32. The maximum absolute atomic E-state index is 6.82. The number of furan rings is 1. The molecule has 0 aliphatic carbocycles. The minimum Gasteiger partial charge on any atom is -0.456 e. The third-order valence-corrected chi connectivity index (χ3v) is 13.5. The molecule has 0 radical (unpaired) electrons. The minimum absolute atomic E-state index is 0.847. The van der Waals surface area contributed by atoms with Crippen LogP contribution in [0.25, 0.3) is 97.7 Å². The van der Waals surface area contributed by atoms with Crippen molar-refractivity contribution in [2.45, 2.75) is 0 Å². The molecule has 63 heavy (non-hydrogen) atoms. The second-order valence-electron chi connectivity index (χ2n) is 16.0. The summed E-state index contributed by atoms with van der Waals surface area (Å²) in [6.45, 7) is 0. The molecule has 296 valence electrons. The van der Waals surface area contributed by atoms with Crippen molar-refractivity contribution in [2.75, 3.05) is 4.90 Å². The number of benzene rings is 10. The number of rotatable bonds is 8. The van der Waals surface area contributed by atoms with E-state index in [1.54, 1.807) is 0 Å². The van der Waals surface area contributed by atoms with Gasteiger partial charge in [-0.1, -0.05) is 182 Å². The molecule has 0 amide bonds. The van der Waals surface area contributed by atoms with E-state index < -0.39 is 0 Å². The molecule has 2 heterocycles. The number of thiophene rings is 1. The highest BCUT2D eigenvalue weighted by Gasteiger charge is 2.25. The number of fused-ring (bicyclic) bond motifs is 6. The van der Waals surface area contributed by atoms with Gasteiger partial charge in [-0.25, -0.2) is 0 Å². The lowest BCUT2D eigenvalue weighted by atomic mass is 9.95. The summed E-state index contributed by atoms with van der Waals surface area (Å²) in [6, 6.07) is 85.3. The highest BCUT2D eigenvalue weighted by molar-refractivity contribution is 7.26. The van der Waals surface area contributed by atoms with E-state index in [2.05, 4.69) is 241 Å². The van der Waals surface area contributed by atoms with Crippen LogP contribution in [0, 0.1) is 0 Å². The van der Waals surface area contributed by atoms with Gasteiger partial charge in [-0.2, -0.15) is 0 Å². The molecular formula is C60H39NOS. The van der Waals surface area contributed by atoms with Crippen LogP contribution in [0.1, 0.15) is 0 Å². The molecule has 0 saturated heterocycles.